The summed E-state index contributed by atoms with van der Waals surface area (Å²) in [7, 11) is 3.67. The van der Waals surface area contributed by atoms with Crippen molar-refractivity contribution in [3.8, 4) is 11.1 Å². The number of carboxylic acid groups (broad SMARTS) is 1. The lowest BCUT2D eigenvalue weighted by molar-refractivity contribution is -0.141. The van der Waals surface area contributed by atoms with Gasteiger partial charge in [0.25, 0.3) is 0 Å². The number of nitrogens with zero attached hydrogens (tertiary/aromatic N) is 2. The Balaban J connectivity index is 1.22. The van der Waals surface area contributed by atoms with Crippen molar-refractivity contribution >= 4 is 18.0 Å². The van der Waals surface area contributed by atoms with E-state index in [2.05, 4.69) is 29.6 Å². The Labute approximate surface area is 198 Å². The van der Waals surface area contributed by atoms with Gasteiger partial charge < -0.3 is 25.0 Å². The number of piperidine rings is 1. The fraction of sp³-hybridized carbons (Fsp3) is 0.423. The number of rotatable bonds is 7. The SMILES string of the molecule is CN(C)C[C@H](NC(=O)OCC1c2ccccc2-c2ccccc21)C(=O)N1CC2C(C1)C2C(=O)O. The molecule has 8 heteroatoms. The predicted molar refractivity (Wildman–Crippen MR) is 125 cm³/mol. The first-order chi connectivity index (χ1) is 16.3. The molecule has 3 aliphatic rings. The molecule has 2 aromatic rings. The van der Waals surface area contributed by atoms with Crippen molar-refractivity contribution in [3.05, 3.63) is 59.7 Å². The van der Waals surface area contributed by atoms with Gasteiger partial charge in [-0.1, -0.05) is 48.5 Å². The van der Waals surface area contributed by atoms with Crippen LogP contribution in [0.4, 0.5) is 4.79 Å². The number of carboxylic acids is 1. The molecule has 2 aromatic carbocycles. The van der Waals surface area contributed by atoms with Crippen LogP contribution in [0.3, 0.4) is 0 Å². The highest BCUT2D eigenvalue weighted by Crippen LogP contribution is 2.51. The Hall–Kier alpha value is -3.39. The summed E-state index contributed by atoms with van der Waals surface area (Å²) in [6.45, 7) is 1.36. The summed E-state index contributed by atoms with van der Waals surface area (Å²) in [4.78, 5) is 40.6. The lowest BCUT2D eigenvalue weighted by Gasteiger charge is -2.27. The molecular weight excluding hydrogens is 434 g/mol. The number of nitrogens with one attached hydrogen (secondary N) is 1. The zero-order valence-corrected chi connectivity index (χ0v) is 19.3. The number of hydrogen-bond acceptors (Lipinski definition) is 5. The molecule has 0 aromatic heterocycles. The van der Waals surface area contributed by atoms with E-state index in [0.29, 0.717) is 19.6 Å². The normalized spacial score (nSPS) is 23.1. The fourth-order valence-electron chi connectivity index (χ4n) is 5.63. The van der Waals surface area contributed by atoms with Crippen LogP contribution in [0.15, 0.2) is 48.5 Å². The molecule has 2 unspecified atom stereocenters. The number of alkyl carbamates (subject to hydrolysis) is 1. The minimum absolute atomic E-state index is 0.0240. The number of carbonyl (C=O) groups excluding carboxylic acids is 2. The minimum atomic E-state index is -0.788. The maximum absolute atomic E-state index is 13.1. The van der Waals surface area contributed by atoms with E-state index < -0.39 is 18.1 Å². The van der Waals surface area contributed by atoms with Crippen LogP contribution >= 0.6 is 0 Å². The molecule has 8 nitrogen and oxygen atoms in total. The van der Waals surface area contributed by atoms with Crippen LogP contribution in [0.5, 0.6) is 0 Å². The van der Waals surface area contributed by atoms with Crippen LogP contribution in [-0.2, 0) is 14.3 Å². The summed E-state index contributed by atoms with van der Waals surface area (Å²) in [6.07, 6.45) is -0.630. The molecule has 2 N–H and O–H groups in total. The number of likely N-dealkylation sites (N-methyl/N-ethyl adjacent to an activating group) is 1. The summed E-state index contributed by atoms with van der Waals surface area (Å²) in [6, 6.07) is 15.5. The van der Waals surface area contributed by atoms with Gasteiger partial charge in [0.2, 0.25) is 5.91 Å². The molecule has 1 saturated heterocycles. The molecule has 5 rings (SSSR count). The standard InChI is InChI=1S/C26H29N3O5/c1-28(2)13-22(24(30)29-11-19-20(12-29)23(19)25(31)32)27-26(33)34-14-21-17-9-5-3-7-15(17)16-8-4-6-10-18(16)21/h3-10,19-23H,11-14H2,1-2H3,(H,27,33)(H,31,32)/t19?,20?,22-,23?/m0/s1. The van der Waals surface area contributed by atoms with Crippen LogP contribution in [0.25, 0.3) is 11.1 Å². The van der Waals surface area contributed by atoms with E-state index in [1.807, 2.05) is 43.3 Å². The summed E-state index contributed by atoms with van der Waals surface area (Å²) in [5, 5.41) is 12.0. The number of hydrogen-bond donors (Lipinski definition) is 2. The Morgan fingerprint density at radius 1 is 1.03 bits per heavy atom. The first kappa shape index (κ1) is 22.4. The molecule has 1 heterocycles. The zero-order chi connectivity index (χ0) is 24.0. The highest BCUT2D eigenvalue weighted by atomic mass is 16.5. The molecule has 2 amide bonds. The molecule has 0 bridgehead atoms. The van der Waals surface area contributed by atoms with Crippen molar-refractivity contribution < 1.29 is 24.2 Å². The average Bonchev–Trinajstić information content (AvgIpc) is 3.17. The van der Waals surface area contributed by atoms with Gasteiger partial charge in [0, 0.05) is 25.6 Å². The number of carbonyl (C=O) groups is 3. The van der Waals surface area contributed by atoms with Crippen molar-refractivity contribution in [1.82, 2.24) is 15.1 Å². The second kappa shape index (κ2) is 8.76. The van der Waals surface area contributed by atoms with Crippen molar-refractivity contribution in [2.24, 2.45) is 17.8 Å². The second-order valence-corrected chi connectivity index (χ2v) is 9.72. The summed E-state index contributed by atoms with van der Waals surface area (Å²) in [5.74, 6) is -1.33. The summed E-state index contributed by atoms with van der Waals surface area (Å²) in [5.41, 5.74) is 4.56. The van der Waals surface area contributed by atoms with Crippen molar-refractivity contribution in [3.63, 3.8) is 0 Å². The molecule has 0 radical (unpaired) electrons. The molecule has 1 aliphatic heterocycles. The highest BCUT2D eigenvalue weighted by Gasteiger charge is 2.60. The lowest BCUT2D eigenvalue weighted by atomic mass is 9.98. The van der Waals surface area contributed by atoms with E-state index in [4.69, 9.17) is 4.74 Å². The van der Waals surface area contributed by atoms with Crippen molar-refractivity contribution in [2.45, 2.75) is 12.0 Å². The lowest BCUT2D eigenvalue weighted by Crippen LogP contribution is -2.53. The Kier molecular flexibility index (Phi) is 5.77. The quantitative estimate of drug-likeness (QED) is 0.654. The second-order valence-electron chi connectivity index (χ2n) is 9.72. The maximum Gasteiger partial charge on any atom is 0.407 e. The van der Waals surface area contributed by atoms with E-state index in [-0.39, 0.29) is 36.2 Å². The van der Waals surface area contributed by atoms with Gasteiger partial charge in [-0.2, -0.15) is 0 Å². The van der Waals surface area contributed by atoms with Gasteiger partial charge in [-0.05, 0) is 48.2 Å². The van der Waals surface area contributed by atoms with Gasteiger partial charge in [0.1, 0.15) is 12.6 Å². The van der Waals surface area contributed by atoms with Gasteiger partial charge in [-0.25, -0.2) is 4.79 Å². The molecule has 1 saturated carbocycles. The molecule has 3 atom stereocenters. The maximum atomic E-state index is 13.1. The number of likely N-dealkylation sites (tertiary alicyclic amines) is 1. The van der Waals surface area contributed by atoms with Crippen molar-refractivity contribution in [2.75, 3.05) is 40.3 Å². The van der Waals surface area contributed by atoms with Crippen LogP contribution < -0.4 is 5.32 Å². The van der Waals surface area contributed by atoms with Crippen LogP contribution in [0.2, 0.25) is 0 Å². The van der Waals surface area contributed by atoms with E-state index in [1.54, 1.807) is 4.90 Å². The van der Waals surface area contributed by atoms with Gasteiger partial charge in [0.15, 0.2) is 0 Å². The summed E-state index contributed by atoms with van der Waals surface area (Å²) < 4.78 is 5.63. The minimum Gasteiger partial charge on any atom is -0.481 e. The molecule has 2 aliphatic carbocycles. The topological polar surface area (TPSA) is 99.2 Å². The van der Waals surface area contributed by atoms with Gasteiger partial charge in [-0.15, -0.1) is 0 Å². The Morgan fingerprint density at radius 3 is 2.12 bits per heavy atom. The van der Waals surface area contributed by atoms with E-state index in [9.17, 15) is 19.5 Å². The largest absolute Gasteiger partial charge is 0.481 e. The van der Waals surface area contributed by atoms with Gasteiger partial charge in [-0.3, -0.25) is 9.59 Å². The first-order valence-electron chi connectivity index (χ1n) is 11.6. The molecule has 34 heavy (non-hydrogen) atoms. The number of fused-ring (bicyclic) bond motifs is 4. The van der Waals surface area contributed by atoms with Crippen LogP contribution in [-0.4, -0.2) is 79.3 Å². The third-order valence-electron chi connectivity index (χ3n) is 7.27. The predicted octanol–water partition coefficient (Wildman–Crippen LogP) is 2.24. The van der Waals surface area contributed by atoms with Crippen LogP contribution in [0, 0.1) is 17.8 Å². The number of ether oxygens (including phenoxy) is 1. The highest BCUT2D eigenvalue weighted by molar-refractivity contribution is 5.87. The molecular formula is C26H29N3O5. The number of aliphatic carboxylic acids is 1. The Morgan fingerprint density at radius 2 is 1.59 bits per heavy atom. The van der Waals surface area contributed by atoms with Gasteiger partial charge >= 0.3 is 12.1 Å². The van der Waals surface area contributed by atoms with Crippen molar-refractivity contribution in [1.29, 1.82) is 0 Å². The van der Waals surface area contributed by atoms with E-state index in [1.165, 1.54) is 0 Å². The zero-order valence-electron chi connectivity index (χ0n) is 19.3. The molecule has 178 valence electrons. The third kappa shape index (κ3) is 4.03. The number of amides is 2. The fourth-order valence-corrected chi connectivity index (χ4v) is 5.63. The average molecular weight is 464 g/mol. The smallest absolute Gasteiger partial charge is 0.407 e. The van der Waals surface area contributed by atoms with E-state index in [0.717, 1.165) is 22.3 Å². The van der Waals surface area contributed by atoms with E-state index >= 15 is 0 Å². The van der Waals surface area contributed by atoms with Gasteiger partial charge in [0.05, 0.1) is 5.92 Å². The van der Waals surface area contributed by atoms with Crippen LogP contribution in [0.1, 0.15) is 17.0 Å². The summed E-state index contributed by atoms with van der Waals surface area (Å²) >= 11 is 0. The third-order valence-corrected chi connectivity index (χ3v) is 7.27. The monoisotopic (exact) mass is 463 g/mol. The number of benzene rings is 2. The molecule has 2 fully saturated rings. The first-order valence-corrected chi connectivity index (χ1v) is 11.6. The molecule has 0 spiro atoms. The Bertz CT molecular complexity index is 1080.